The van der Waals surface area contributed by atoms with Crippen LogP contribution in [0, 0.1) is 13.8 Å². The van der Waals surface area contributed by atoms with Crippen LogP contribution < -0.4 is 0 Å². The number of aromatic nitrogens is 1. The van der Waals surface area contributed by atoms with Crippen LogP contribution >= 0.6 is 27.3 Å². The molecule has 1 N–H and O–H groups in total. The fourth-order valence-corrected chi connectivity index (χ4v) is 3.08. The number of rotatable bonds is 3. The molecule has 0 radical (unpaired) electrons. The third kappa shape index (κ3) is 2.65. The lowest BCUT2D eigenvalue weighted by Gasteiger charge is -2.15. The zero-order chi connectivity index (χ0) is 15.1. The molecule has 0 aliphatic rings. The Kier molecular flexibility index (Phi) is 4.02. The predicted molar refractivity (Wildman–Crippen MR) is 85.4 cm³/mol. The molecule has 20 heavy (non-hydrogen) atoms. The highest BCUT2D eigenvalue weighted by atomic mass is 79.9. The van der Waals surface area contributed by atoms with Crippen LogP contribution in [0.4, 0.5) is 0 Å². The standard InChI is InChI=1S/C15H16BrNO2S/c1-8-5-10(6-9(2)12(8)16)13-17-11(7-20-13)15(3,4)14(18)19/h5-7H,1-4H3,(H,18,19). The second-order valence-electron chi connectivity index (χ2n) is 5.39. The van der Waals surface area contributed by atoms with E-state index in [4.69, 9.17) is 0 Å². The third-order valence-electron chi connectivity index (χ3n) is 3.36. The second kappa shape index (κ2) is 5.30. The summed E-state index contributed by atoms with van der Waals surface area (Å²) in [5.41, 5.74) is 2.96. The van der Waals surface area contributed by atoms with Crippen molar-refractivity contribution in [3.8, 4) is 10.6 Å². The van der Waals surface area contributed by atoms with Gasteiger partial charge in [-0.05, 0) is 51.0 Å². The molecule has 0 spiro atoms. The molecule has 5 heteroatoms. The van der Waals surface area contributed by atoms with Crippen molar-refractivity contribution in [3.63, 3.8) is 0 Å². The number of halogens is 1. The van der Waals surface area contributed by atoms with Crippen molar-refractivity contribution < 1.29 is 9.90 Å². The van der Waals surface area contributed by atoms with Gasteiger partial charge in [0.15, 0.2) is 0 Å². The number of aryl methyl sites for hydroxylation is 2. The average molecular weight is 354 g/mol. The van der Waals surface area contributed by atoms with E-state index < -0.39 is 11.4 Å². The molecule has 0 aliphatic heterocycles. The summed E-state index contributed by atoms with van der Waals surface area (Å²) in [4.78, 5) is 15.8. The van der Waals surface area contributed by atoms with Gasteiger partial charge in [-0.3, -0.25) is 4.79 Å². The molecule has 1 aromatic carbocycles. The van der Waals surface area contributed by atoms with Gasteiger partial charge in [0.1, 0.15) is 10.4 Å². The highest BCUT2D eigenvalue weighted by Crippen LogP contribution is 2.33. The highest BCUT2D eigenvalue weighted by Gasteiger charge is 2.32. The molecule has 1 aromatic heterocycles. The van der Waals surface area contributed by atoms with Gasteiger partial charge < -0.3 is 5.11 Å². The first-order chi connectivity index (χ1) is 9.23. The van der Waals surface area contributed by atoms with Crippen molar-refractivity contribution in [1.82, 2.24) is 4.98 Å². The number of benzene rings is 1. The Balaban J connectivity index is 2.46. The van der Waals surface area contributed by atoms with E-state index in [2.05, 4.69) is 33.0 Å². The molecule has 0 atom stereocenters. The average Bonchev–Trinajstić information content (AvgIpc) is 2.85. The van der Waals surface area contributed by atoms with Gasteiger partial charge in [0.25, 0.3) is 0 Å². The molecule has 0 aliphatic carbocycles. The van der Waals surface area contributed by atoms with Crippen molar-refractivity contribution in [2.75, 3.05) is 0 Å². The number of carboxylic acids is 1. The molecular weight excluding hydrogens is 338 g/mol. The normalized spacial score (nSPS) is 11.7. The topological polar surface area (TPSA) is 50.2 Å². The fourth-order valence-electron chi connectivity index (χ4n) is 1.87. The molecule has 3 nitrogen and oxygen atoms in total. The maximum atomic E-state index is 11.3. The van der Waals surface area contributed by atoms with Crippen LogP contribution in [0.15, 0.2) is 22.0 Å². The Bertz CT molecular complexity index is 653. The molecular formula is C15H16BrNO2S. The summed E-state index contributed by atoms with van der Waals surface area (Å²) in [5, 5.41) is 11.9. The van der Waals surface area contributed by atoms with Crippen LogP contribution in [0.25, 0.3) is 10.6 Å². The first-order valence-corrected chi connectivity index (χ1v) is 7.87. The number of carboxylic acid groups (broad SMARTS) is 1. The predicted octanol–water partition coefficient (Wildman–Crippen LogP) is 4.55. The van der Waals surface area contributed by atoms with Crippen LogP contribution in [0.2, 0.25) is 0 Å². The summed E-state index contributed by atoms with van der Waals surface area (Å²) in [5.74, 6) is -0.863. The molecule has 1 heterocycles. The Morgan fingerprint density at radius 3 is 2.35 bits per heavy atom. The van der Waals surface area contributed by atoms with Crippen LogP contribution in [-0.2, 0) is 10.2 Å². The molecule has 106 valence electrons. The fraction of sp³-hybridized carbons (Fsp3) is 0.333. The smallest absolute Gasteiger partial charge is 0.315 e. The van der Waals surface area contributed by atoms with Crippen LogP contribution in [0.3, 0.4) is 0 Å². The molecule has 0 saturated carbocycles. The number of hydrogen-bond donors (Lipinski definition) is 1. The summed E-state index contributed by atoms with van der Waals surface area (Å²) in [6.07, 6.45) is 0. The van der Waals surface area contributed by atoms with Crippen molar-refractivity contribution >= 4 is 33.2 Å². The third-order valence-corrected chi connectivity index (χ3v) is 5.50. The quantitative estimate of drug-likeness (QED) is 0.880. The SMILES string of the molecule is Cc1cc(-c2nc(C(C)(C)C(=O)O)cs2)cc(C)c1Br. The van der Waals surface area contributed by atoms with E-state index in [1.54, 1.807) is 13.8 Å². The van der Waals surface area contributed by atoms with E-state index >= 15 is 0 Å². The highest BCUT2D eigenvalue weighted by molar-refractivity contribution is 9.10. The summed E-state index contributed by atoms with van der Waals surface area (Å²) < 4.78 is 1.10. The lowest BCUT2D eigenvalue weighted by molar-refractivity contribution is -0.142. The van der Waals surface area contributed by atoms with Gasteiger partial charge >= 0.3 is 5.97 Å². The molecule has 0 saturated heterocycles. The van der Waals surface area contributed by atoms with Crippen LogP contribution in [0.5, 0.6) is 0 Å². The van der Waals surface area contributed by atoms with Crippen molar-refractivity contribution in [3.05, 3.63) is 38.8 Å². The van der Waals surface area contributed by atoms with E-state index in [1.807, 2.05) is 19.2 Å². The lowest BCUT2D eigenvalue weighted by atomic mass is 9.90. The largest absolute Gasteiger partial charge is 0.481 e. The van der Waals surface area contributed by atoms with E-state index in [0.29, 0.717) is 5.69 Å². The van der Waals surface area contributed by atoms with Gasteiger partial charge in [-0.25, -0.2) is 4.98 Å². The van der Waals surface area contributed by atoms with E-state index in [9.17, 15) is 9.90 Å². The summed E-state index contributed by atoms with van der Waals surface area (Å²) in [7, 11) is 0. The molecule has 2 aromatic rings. The molecule has 0 fully saturated rings. The monoisotopic (exact) mass is 353 g/mol. The lowest BCUT2D eigenvalue weighted by Crippen LogP contribution is -2.28. The van der Waals surface area contributed by atoms with Gasteiger partial charge in [-0.1, -0.05) is 15.9 Å². The summed E-state index contributed by atoms with van der Waals surface area (Å²) in [6, 6.07) is 4.13. The van der Waals surface area contributed by atoms with Gasteiger partial charge in [0.05, 0.1) is 5.69 Å². The van der Waals surface area contributed by atoms with Crippen LogP contribution in [-0.4, -0.2) is 16.1 Å². The number of carbonyl (C=O) groups is 1. The van der Waals surface area contributed by atoms with Gasteiger partial charge in [0.2, 0.25) is 0 Å². The Morgan fingerprint density at radius 1 is 1.30 bits per heavy atom. The van der Waals surface area contributed by atoms with Crippen LogP contribution in [0.1, 0.15) is 30.7 Å². The van der Waals surface area contributed by atoms with Crippen molar-refractivity contribution in [2.24, 2.45) is 0 Å². The minimum absolute atomic E-state index is 0.600. The minimum atomic E-state index is -0.964. The number of aliphatic carboxylic acids is 1. The number of nitrogens with zero attached hydrogens (tertiary/aromatic N) is 1. The number of thiazole rings is 1. The van der Waals surface area contributed by atoms with Gasteiger partial charge in [-0.15, -0.1) is 11.3 Å². The first-order valence-electron chi connectivity index (χ1n) is 6.20. The molecule has 0 amide bonds. The van der Waals surface area contributed by atoms with Gasteiger partial charge in [0, 0.05) is 15.4 Å². The first kappa shape index (κ1) is 15.2. The zero-order valence-corrected chi connectivity index (χ0v) is 14.2. The Labute approximate surface area is 130 Å². The summed E-state index contributed by atoms with van der Waals surface area (Å²) >= 11 is 5.03. The van der Waals surface area contributed by atoms with E-state index in [0.717, 1.165) is 26.2 Å². The zero-order valence-electron chi connectivity index (χ0n) is 11.8. The molecule has 2 rings (SSSR count). The minimum Gasteiger partial charge on any atom is -0.481 e. The van der Waals surface area contributed by atoms with Gasteiger partial charge in [-0.2, -0.15) is 0 Å². The molecule has 0 unspecified atom stereocenters. The van der Waals surface area contributed by atoms with E-state index in [1.165, 1.54) is 11.3 Å². The maximum Gasteiger partial charge on any atom is 0.315 e. The number of hydrogen-bond acceptors (Lipinski definition) is 3. The second-order valence-corrected chi connectivity index (χ2v) is 7.04. The van der Waals surface area contributed by atoms with E-state index in [-0.39, 0.29) is 0 Å². The Morgan fingerprint density at radius 2 is 1.85 bits per heavy atom. The molecule has 0 bridgehead atoms. The Hall–Kier alpha value is -1.20. The summed E-state index contributed by atoms with van der Waals surface area (Å²) in [6.45, 7) is 7.42. The van der Waals surface area contributed by atoms with Crippen molar-refractivity contribution in [2.45, 2.75) is 33.1 Å². The maximum absolute atomic E-state index is 11.3. The van der Waals surface area contributed by atoms with Crippen molar-refractivity contribution in [1.29, 1.82) is 0 Å².